The fourth-order valence-electron chi connectivity index (χ4n) is 0.227. The first-order valence-corrected chi connectivity index (χ1v) is 3.54. The van der Waals surface area contributed by atoms with Crippen molar-refractivity contribution in [1.29, 1.82) is 0 Å². The smallest absolute Gasteiger partial charge is 0.331 e. The second kappa shape index (κ2) is 5.10. The predicted molar refractivity (Wildman–Crippen MR) is 33.3 cm³/mol. The quantitative estimate of drug-likeness (QED) is 0.560. The van der Waals surface area contributed by atoms with Gasteiger partial charge in [-0.05, 0) is 0 Å². The minimum absolute atomic E-state index is 0.0719. The van der Waals surface area contributed by atoms with Crippen LogP contribution in [0.2, 0.25) is 0 Å². The molecule has 0 aromatic heterocycles. The lowest BCUT2D eigenvalue weighted by Gasteiger charge is -1.83. The molecule has 0 aromatic rings. The first kappa shape index (κ1) is 9.29. The molecule has 1 unspecified atom stereocenters. The molecular weight excluding hydrogens is 159 g/mol. The summed E-state index contributed by atoms with van der Waals surface area (Å²) in [6.07, 6.45) is -1.13. The van der Waals surface area contributed by atoms with Crippen molar-refractivity contribution < 1.29 is 18.4 Å². The highest BCUT2D eigenvalue weighted by molar-refractivity contribution is 7.34. The molecule has 0 rings (SSSR count). The Bertz CT molecular complexity index is 138. The predicted octanol–water partition coefficient (Wildman–Crippen LogP) is -0.286. The van der Waals surface area contributed by atoms with Crippen molar-refractivity contribution in [3.05, 3.63) is 0 Å². The highest BCUT2D eigenvalue weighted by Gasteiger charge is 2.23. The van der Waals surface area contributed by atoms with E-state index >= 15 is 0 Å². The van der Waals surface area contributed by atoms with E-state index in [1.165, 1.54) is 0 Å². The number of amides is 1. The topological polar surface area (TPSA) is 105 Å². The van der Waals surface area contributed by atoms with Crippen LogP contribution < -0.4 is 11.5 Å². The minimum Gasteiger partial charge on any atom is -0.331 e. The number of hydrogen-bond acceptors (Lipinski definition) is 5. The number of primary amides is 1. The first-order valence-electron chi connectivity index (χ1n) is 2.44. The fraction of sp³-hybridized carbons (Fsp3) is 0.667. The monoisotopic (exact) mass is 167 g/mol. The molecule has 10 heavy (non-hydrogen) atoms. The molecule has 6 nitrogen and oxygen atoms in total. The average molecular weight is 167 g/mol. The molecule has 0 spiro atoms. The minimum atomic E-state index is -2.43. The van der Waals surface area contributed by atoms with E-state index in [9.17, 15) is 9.36 Å². The molecule has 0 saturated carbocycles. The molecule has 0 aliphatic heterocycles. The van der Waals surface area contributed by atoms with E-state index in [4.69, 9.17) is 5.73 Å². The Morgan fingerprint density at radius 2 is 2.20 bits per heavy atom. The van der Waals surface area contributed by atoms with Crippen molar-refractivity contribution in [3.63, 3.8) is 0 Å². The number of carbonyl (C=O) groups is 1. The molecule has 0 fully saturated rings. The van der Waals surface area contributed by atoms with Crippen molar-refractivity contribution in [2.24, 2.45) is 11.5 Å². The zero-order valence-electron chi connectivity index (χ0n) is 5.15. The molecule has 58 valence electrons. The summed E-state index contributed by atoms with van der Waals surface area (Å²) in [4.78, 5) is 9.88. The summed E-state index contributed by atoms with van der Waals surface area (Å²) in [5.74, 6) is 0. The van der Waals surface area contributed by atoms with Crippen molar-refractivity contribution in [1.82, 2.24) is 0 Å². The van der Waals surface area contributed by atoms with Crippen LogP contribution in [0.1, 0.15) is 0 Å². The van der Waals surface area contributed by atoms with E-state index in [0.29, 0.717) is 0 Å². The van der Waals surface area contributed by atoms with Crippen molar-refractivity contribution >= 4 is 14.3 Å². The van der Waals surface area contributed by atoms with E-state index in [1.807, 2.05) is 0 Å². The van der Waals surface area contributed by atoms with Crippen LogP contribution in [-0.4, -0.2) is 19.2 Å². The highest BCUT2D eigenvalue weighted by Crippen LogP contribution is 2.22. The van der Waals surface area contributed by atoms with Gasteiger partial charge in [0.25, 0.3) is 0 Å². The maximum atomic E-state index is 10.4. The summed E-state index contributed by atoms with van der Waals surface area (Å²) in [6, 6.07) is 0. The molecule has 0 aliphatic carbocycles. The van der Waals surface area contributed by atoms with Gasteiger partial charge < -0.3 is 11.5 Å². The van der Waals surface area contributed by atoms with E-state index < -0.39 is 14.3 Å². The Kier molecular flexibility index (Phi) is 4.74. The number of hydrogen-bond donors (Lipinski definition) is 2. The SMILES string of the molecule is NCCO[P+](=O)OC(N)=O. The van der Waals surface area contributed by atoms with Crippen molar-refractivity contribution in [2.45, 2.75) is 0 Å². The standard InChI is InChI=1S/C3H7N2O4P/c4-1-2-8-10(7)9-3(5)6/h1-2,4H2,(H-,5,6)/p+1. The third kappa shape index (κ3) is 5.43. The highest BCUT2D eigenvalue weighted by atomic mass is 31.1. The third-order valence-corrected chi connectivity index (χ3v) is 1.20. The molecule has 1 atom stereocenters. The van der Waals surface area contributed by atoms with Crippen LogP contribution in [0.4, 0.5) is 4.79 Å². The summed E-state index contributed by atoms with van der Waals surface area (Å²) in [5, 5.41) is 0. The summed E-state index contributed by atoms with van der Waals surface area (Å²) in [5.41, 5.74) is 9.49. The summed E-state index contributed by atoms with van der Waals surface area (Å²) in [7, 11) is -2.43. The average Bonchev–Trinajstić information content (AvgIpc) is 1.82. The molecule has 0 bridgehead atoms. The second-order valence-electron chi connectivity index (χ2n) is 1.26. The van der Waals surface area contributed by atoms with Crippen molar-refractivity contribution in [3.8, 4) is 0 Å². The van der Waals surface area contributed by atoms with Gasteiger partial charge in [-0.1, -0.05) is 0 Å². The van der Waals surface area contributed by atoms with Gasteiger partial charge in [-0.25, -0.2) is 4.79 Å². The van der Waals surface area contributed by atoms with Gasteiger partial charge >= 0.3 is 14.3 Å². The molecule has 0 aromatic carbocycles. The zero-order chi connectivity index (χ0) is 7.98. The van der Waals surface area contributed by atoms with E-state index in [-0.39, 0.29) is 13.2 Å². The Labute approximate surface area is 58.4 Å². The first-order chi connectivity index (χ1) is 4.66. The van der Waals surface area contributed by atoms with Gasteiger partial charge in [-0.3, -0.25) is 0 Å². The largest absolute Gasteiger partial charge is 0.755 e. The van der Waals surface area contributed by atoms with Crippen LogP contribution in [0.3, 0.4) is 0 Å². The van der Waals surface area contributed by atoms with Gasteiger partial charge in [-0.15, -0.1) is 4.52 Å². The van der Waals surface area contributed by atoms with Crippen LogP contribution in [0, 0.1) is 0 Å². The van der Waals surface area contributed by atoms with Gasteiger partial charge in [0.2, 0.25) is 0 Å². The number of rotatable bonds is 4. The van der Waals surface area contributed by atoms with Crippen LogP contribution in [-0.2, 0) is 13.6 Å². The molecule has 0 saturated heterocycles. The van der Waals surface area contributed by atoms with Crippen LogP contribution in [0.25, 0.3) is 0 Å². The van der Waals surface area contributed by atoms with Crippen LogP contribution in [0.5, 0.6) is 0 Å². The molecule has 0 aliphatic rings. The zero-order valence-corrected chi connectivity index (χ0v) is 6.04. The molecule has 0 heterocycles. The normalized spacial score (nSPS) is 10.7. The summed E-state index contributed by atoms with van der Waals surface area (Å²) in [6.45, 7) is 0.283. The number of nitrogens with two attached hydrogens (primary N) is 2. The number of carbonyl (C=O) groups excluding carboxylic acids is 1. The fourth-order valence-corrected chi connectivity index (χ4v) is 0.681. The molecule has 4 N–H and O–H groups in total. The maximum absolute atomic E-state index is 10.4. The maximum Gasteiger partial charge on any atom is 0.755 e. The third-order valence-electron chi connectivity index (χ3n) is 0.479. The summed E-state index contributed by atoms with van der Waals surface area (Å²) < 4.78 is 18.6. The van der Waals surface area contributed by atoms with E-state index in [2.05, 4.69) is 14.8 Å². The van der Waals surface area contributed by atoms with Crippen molar-refractivity contribution in [2.75, 3.05) is 13.2 Å². The van der Waals surface area contributed by atoms with Gasteiger partial charge in [0.15, 0.2) is 0 Å². The lowest BCUT2D eigenvalue weighted by Crippen LogP contribution is -2.10. The second-order valence-corrected chi connectivity index (χ2v) is 2.14. The lowest BCUT2D eigenvalue weighted by atomic mass is 10.8. The van der Waals surface area contributed by atoms with E-state index in [0.717, 1.165) is 0 Å². The van der Waals surface area contributed by atoms with Gasteiger partial charge in [0, 0.05) is 11.1 Å². The Balaban J connectivity index is 3.35. The lowest BCUT2D eigenvalue weighted by molar-refractivity contribution is 0.198. The Morgan fingerprint density at radius 1 is 1.60 bits per heavy atom. The molecule has 7 heteroatoms. The van der Waals surface area contributed by atoms with Gasteiger partial charge in [0.1, 0.15) is 6.61 Å². The van der Waals surface area contributed by atoms with Gasteiger partial charge in [0.05, 0.1) is 0 Å². The molecule has 1 amide bonds. The molecular formula is C3H8N2O4P+. The Hall–Kier alpha value is -0.710. The molecule has 0 radical (unpaired) electrons. The van der Waals surface area contributed by atoms with Gasteiger partial charge in [-0.2, -0.15) is 4.52 Å². The Morgan fingerprint density at radius 3 is 2.60 bits per heavy atom. The van der Waals surface area contributed by atoms with E-state index in [1.54, 1.807) is 0 Å². The summed E-state index contributed by atoms with van der Waals surface area (Å²) >= 11 is 0. The van der Waals surface area contributed by atoms with Crippen LogP contribution >= 0.6 is 8.25 Å². The van der Waals surface area contributed by atoms with Crippen LogP contribution in [0.15, 0.2) is 0 Å².